The van der Waals surface area contributed by atoms with E-state index in [4.69, 9.17) is 22.8 Å². The van der Waals surface area contributed by atoms with E-state index in [1.165, 1.54) is 6.21 Å². The summed E-state index contributed by atoms with van der Waals surface area (Å²) in [7, 11) is 0. The van der Waals surface area contributed by atoms with E-state index in [-0.39, 0.29) is 18.9 Å². The van der Waals surface area contributed by atoms with Crippen LogP contribution in [0.25, 0.3) is 0 Å². The van der Waals surface area contributed by atoms with Crippen molar-refractivity contribution in [2.45, 2.75) is 6.42 Å². The van der Waals surface area contributed by atoms with E-state index in [1.54, 1.807) is 30.3 Å². The molecule has 1 N–H and O–H groups in total. The first-order valence-corrected chi connectivity index (χ1v) is 8.18. The fourth-order valence-corrected chi connectivity index (χ4v) is 2.38. The summed E-state index contributed by atoms with van der Waals surface area (Å²) in [5, 5.41) is 4.59. The van der Waals surface area contributed by atoms with Crippen molar-refractivity contribution in [2.75, 3.05) is 6.61 Å². The van der Waals surface area contributed by atoms with Crippen molar-refractivity contribution < 1.29 is 9.53 Å². The van der Waals surface area contributed by atoms with Crippen LogP contribution in [-0.4, -0.2) is 18.7 Å². The number of halogens is 2. The van der Waals surface area contributed by atoms with Crippen LogP contribution in [0, 0.1) is 12.3 Å². The van der Waals surface area contributed by atoms with Crippen LogP contribution < -0.4 is 10.2 Å². The molecule has 1 amide bonds. The SMILES string of the molecule is C#CCOc1ccc(Br)cc1/C=N\NC(=O)Cc1ccc(Cl)cc1. The normalized spacial score (nSPS) is 10.4. The zero-order chi connectivity index (χ0) is 17.4. The van der Waals surface area contributed by atoms with E-state index in [9.17, 15) is 4.79 Å². The topological polar surface area (TPSA) is 50.7 Å². The molecule has 24 heavy (non-hydrogen) atoms. The lowest BCUT2D eigenvalue weighted by Gasteiger charge is -2.06. The molecule has 2 aromatic carbocycles. The molecule has 6 heteroatoms. The Labute approximate surface area is 154 Å². The molecule has 0 fully saturated rings. The molecule has 0 aliphatic carbocycles. The summed E-state index contributed by atoms with van der Waals surface area (Å²) in [6.45, 7) is 0.158. The number of terminal acetylenes is 1. The molecule has 0 bridgehead atoms. The Morgan fingerprint density at radius 3 is 2.79 bits per heavy atom. The Balaban J connectivity index is 1.98. The molecule has 0 heterocycles. The molecule has 4 nitrogen and oxygen atoms in total. The Kier molecular flexibility index (Phi) is 6.86. The van der Waals surface area contributed by atoms with Gasteiger partial charge in [-0.15, -0.1) is 6.42 Å². The number of hydrogen-bond acceptors (Lipinski definition) is 3. The first-order chi connectivity index (χ1) is 11.6. The minimum atomic E-state index is -0.227. The van der Waals surface area contributed by atoms with Crippen LogP contribution in [0.3, 0.4) is 0 Å². The number of nitrogens with one attached hydrogen (secondary N) is 1. The quantitative estimate of drug-likeness (QED) is 0.451. The molecule has 0 aliphatic rings. The highest BCUT2D eigenvalue weighted by atomic mass is 79.9. The maximum absolute atomic E-state index is 11.9. The third kappa shape index (κ3) is 5.73. The zero-order valence-electron chi connectivity index (χ0n) is 12.6. The van der Waals surface area contributed by atoms with Gasteiger partial charge in [0.2, 0.25) is 5.91 Å². The van der Waals surface area contributed by atoms with Crippen molar-refractivity contribution in [3.8, 4) is 18.1 Å². The Morgan fingerprint density at radius 2 is 2.08 bits per heavy atom. The second-order valence-corrected chi connectivity index (χ2v) is 6.12. The standard InChI is InChI=1S/C18H14BrClN2O2/c1-2-9-24-17-8-5-15(19)11-14(17)12-21-22-18(23)10-13-3-6-16(20)7-4-13/h1,3-8,11-12H,9-10H2,(H,22,23)/b21-12-. The van der Waals surface area contributed by atoms with E-state index in [1.807, 2.05) is 12.1 Å². The van der Waals surface area contributed by atoms with Crippen LogP contribution in [0.1, 0.15) is 11.1 Å². The summed E-state index contributed by atoms with van der Waals surface area (Å²) in [5.74, 6) is 2.77. The fraction of sp³-hybridized carbons (Fsp3) is 0.111. The number of amides is 1. The van der Waals surface area contributed by atoms with Gasteiger partial charge in [0.15, 0.2) is 0 Å². The number of carbonyl (C=O) groups is 1. The van der Waals surface area contributed by atoms with Crippen LogP contribution in [0.2, 0.25) is 5.02 Å². The second kappa shape index (κ2) is 9.11. The van der Waals surface area contributed by atoms with Crippen molar-refractivity contribution in [1.82, 2.24) is 5.43 Å². The molecule has 2 aromatic rings. The van der Waals surface area contributed by atoms with Crippen molar-refractivity contribution in [3.05, 3.63) is 63.1 Å². The largest absolute Gasteiger partial charge is 0.480 e. The number of carbonyl (C=O) groups excluding carboxylic acids is 1. The average molecular weight is 406 g/mol. The highest BCUT2D eigenvalue weighted by Crippen LogP contribution is 2.21. The van der Waals surface area contributed by atoms with Gasteiger partial charge in [0.05, 0.1) is 12.6 Å². The Morgan fingerprint density at radius 1 is 1.33 bits per heavy atom. The van der Waals surface area contributed by atoms with Gasteiger partial charge >= 0.3 is 0 Å². The smallest absolute Gasteiger partial charge is 0.244 e. The van der Waals surface area contributed by atoms with E-state index in [0.29, 0.717) is 16.3 Å². The summed E-state index contributed by atoms with van der Waals surface area (Å²) in [4.78, 5) is 11.9. The van der Waals surface area contributed by atoms with E-state index in [0.717, 1.165) is 10.0 Å². The van der Waals surface area contributed by atoms with Crippen LogP contribution in [0.5, 0.6) is 5.75 Å². The lowest BCUT2D eigenvalue weighted by Crippen LogP contribution is -2.19. The van der Waals surface area contributed by atoms with Crippen LogP contribution in [-0.2, 0) is 11.2 Å². The van der Waals surface area contributed by atoms with Gasteiger partial charge in [-0.1, -0.05) is 45.6 Å². The number of ether oxygens (including phenoxy) is 1. The predicted molar refractivity (Wildman–Crippen MR) is 99.4 cm³/mol. The van der Waals surface area contributed by atoms with Crippen LogP contribution in [0.15, 0.2) is 52.0 Å². The van der Waals surface area contributed by atoms with Gasteiger partial charge in [0.1, 0.15) is 12.4 Å². The summed E-state index contributed by atoms with van der Waals surface area (Å²) in [6.07, 6.45) is 6.92. The van der Waals surface area contributed by atoms with Crippen molar-refractivity contribution in [2.24, 2.45) is 5.10 Å². The molecular formula is C18H14BrClN2O2. The highest BCUT2D eigenvalue weighted by Gasteiger charge is 2.04. The van der Waals surface area contributed by atoms with Crippen molar-refractivity contribution in [3.63, 3.8) is 0 Å². The number of hydrazone groups is 1. The summed E-state index contributed by atoms with van der Waals surface area (Å²) < 4.78 is 6.30. The molecule has 0 atom stereocenters. The molecule has 0 saturated carbocycles. The van der Waals surface area contributed by atoms with E-state index >= 15 is 0 Å². The summed E-state index contributed by atoms with van der Waals surface area (Å²) >= 11 is 9.19. The first-order valence-electron chi connectivity index (χ1n) is 7.00. The van der Waals surface area contributed by atoms with Crippen molar-refractivity contribution >= 4 is 39.7 Å². The fourth-order valence-electron chi connectivity index (χ4n) is 1.87. The number of hydrogen-bond donors (Lipinski definition) is 1. The van der Waals surface area contributed by atoms with Gasteiger partial charge in [-0.2, -0.15) is 5.10 Å². The molecule has 2 rings (SSSR count). The molecule has 122 valence electrons. The van der Waals surface area contributed by atoms with Crippen molar-refractivity contribution in [1.29, 1.82) is 0 Å². The third-order valence-corrected chi connectivity index (χ3v) is 3.70. The third-order valence-electron chi connectivity index (χ3n) is 2.95. The monoisotopic (exact) mass is 404 g/mol. The molecule has 0 unspecified atom stereocenters. The van der Waals surface area contributed by atoms with E-state index in [2.05, 4.69) is 32.4 Å². The number of benzene rings is 2. The second-order valence-electron chi connectivity index (χ2n) is 4.77. The maximum Gasteiger partial charge on any atom is 0.244 e. The minimum Gasteiger partial charge on any atom is -0.480 e. The predicted octanol–water partition coefficient (Wildman–Crippen LogP) is 3.81. The zero-order valence-corrected chi connectivity index (χ0v) is 15.0. The van der Waals surface area contributed by atoms with Gasteiger partial charge in [-0.25, -0.2) is 5.43 Å². The van der Waals surface area contributed by atoms with Gasteiger partial charge in [0.25, 0.3) is 0 Å². The highest BCUT2D eigenvalue weighted by molar-refractivity contribution is 9.10. The van der Waals surface area contributed by atoms with Gasteiger partial charge < -0.3 is 4.74 Å². The molecule has 0 aliphatic heterocycles. The van der Waals surface area contributed by atoms with Gasteiger partial charge in [-0.05, 0) is 35.9 Å². The number of nitrogens with zero attached hydrogens (tertiary/aromatic N) is 1. The molecule has 0 radical (unpaired) electrons. The minimum absolute atomic E-state index is 0.158. The maximum atomic E-state index is 11.9. The van der Waals surface area contributed by atoms with Crippen LogP contribution >= 0.6 is 27.5 Å². The molecule has 0 spiro atoms. The number of rotatable bonds is 6. The lowest BCUT2D eigenvalue weighted by atomic mass is 10.1. The van der Waals surface area contributed by atoms with Gasteiger partial charge in [0, 0.05) is 15.1 Å². The average Bonchev–Trinajstić information content (AvgIpc) is 2.56. The van der Waals surface area contributed by atoms with Crippen LogP contribution in [0.4, 0.5) is 0 Å². The Hall–Kier alpha value is -2.29. The van der Waals surface area contributed by atoms with E-state index < -0.39 is 0 Å². The van der Waals surface area contributed by atoms with Gasteiger partial charge in [-0.3, -0.25) is 4.79 Å². The first kappa shape index (κ1) is 18.1. The molecule has 0 saturated heterocycles. The summed E-state index contributed by atoms with van der Waals surface area (Å²) in [6, 6.07) is 12.5. The Bertz CT molecular complexity index is 783. The molecule has 0 aromatic heterocycles. The summed E-state index contributed by atoms with van der Waals surface area (Å²) in [5.41, 5.74) is 4.04. The lowest BCUT2D eigenvalue weighted by molar-refractivity contribution is -0.120. The molecular weight excluding hydrogens is 392 g/mol.